The first kappa shape index (κ1) is 20.6. The summed E-state index contributed by atoms with van der Waals surface area (Å²) < 4.78 is 2.49. The minimum absolute atomic E-state index is 0.0790. The van der Waals surface area contributed by atoms with E-state index in [4.69, 9.17) is 0 Å². The van der Waals surface area contributed by atoms with Crippen LogP contribution in [0.4, 0.5) is 0 Å². The Bertz CT molecular complexity index is 1990. The number of H-pyrrole nitrogens is 1. The van der Waals surface area contributed by atoms with Gasteiger partial charge in [-0.25, -0.2) is 0 Å². The van der Waals surface area contributed by atoms with Crippen molar-refractivity contribution in [3.05, 3.63) is 126 Å². The molecule has 1 N–H and O–H groups in total. The van der Waals surface area contributed by atoms with Crippen LogP contribution in [0, 0.1) is 0 Å². The van der Waals surface area contributed by atoms with E-state index >= 15 is 0 Å². The monoisotopic (exact) mass is 474 g/mol. The van der Waals surface area contributed by atoms with E-state index in [0.29, 0.717) is 0 Å². The van der Waals surface area contributed by atoms with Gasteiger partial charge in [-0.05, 0) is 46.5 Å². The maximum atomic E-state index is 3.83. The molecule has 1 aliphatic rings. The van der Waals surface area contributed by atoms with Crippen LogP contribution in [0.25, 0.3) is 60.8 Å². The van der Waals surface area contributed by atoms with E-state index in [1.165, 1.54) is 71.9 Å². The summed E-state index contributed by atoms with van der Waals surface area (Å²) in [5.74, 6) is 0. The van der Waals surface area contributed by atoms with Gasteiger partial charge >= 0.3 is 0 Å². The first-order valence-corrected chi connectivity index (χ1v) is 13.0. The van der Waals surface area contributed by atoms with Crippen molar-refractivity contribution in [3.63, 3.8) is 0 Å². The molecule has 2 heterocycles. The number of hydrogen-bond acceptors (Lipinski definition) is 0. The van der Waals surface area contributed by atoms with E-state index in [0.717, 1.165) is 0 Å². The van der Waals surface area contributed by atoms with Gasteiger partial charge in [-0.3, -0.25) is 0 Å². The molecule has 0 saturated carbocycles. The topological polar surface area (TPSA) is 20.7 Å². The lowest BCUT2D eigenvalue weighted by molar-refractivity contribution is 0.666. The Morgan fingerprint density at radius 3 is 2.14 bits per heavy atom. The van der Waals surface area contributed by atoms with Gasteiger partial charge in [-0.1, -0.05) is 105 Å². The van der Waals surface area contributed by atoms with Crippen molar-refractivity contribution in [2.24, 2.45) is 0 Å². The van der Waals surface area contributed by atoms with Crippen molar-refractivity contribution in [2.75, 3.05) is 0 Å². The number of rotatable bonds is 2. The number of benzene rings is 5. The molecule has 7 aromatic rings. The molecule has 0 saturated heterocycles. The van der Waals surface area contributed by atoms with E-state index in [2.05, 4.69) is 139 Å². The van der Waals surface area contributed by atoms with Gasteiger partial charge < -0.3 is 9.55 Å². The Kier molecular flexibility index (Phi) is 4.03. The number of aromatic amines is 1. The SMILES string of the molecule is CC1(C)c2ccccc2-c2c1c1ccc3c4cc(-c5ccccc5)ccc4[nH]c3c1n2-c1ccccc1. The number of fused-ring (bicyclic) bond motifs is 9. The van der Waals surface area contributed by atoms with E-state index in [1.54, 1.807) is 0 Å². The fraction of sp³-hybridized carbons (Fsp3) is 0.0857. The lowest BCUT2D eigenvalue weighted by Crippen LogP contribution is -2.14. The molecule has 0 fully saturated rings. The summed E-state index contributed by atoms with van der Waals surface area (Å²) in [6, 6.07) is 41.8. The van der Waals surface area contributed by atoms with Crippen molar-refractivity contribution in [1.29, 1.82) is 0 Å². The molecule has 5 aromatic carbocycles. The Morgan fingerprint density at radius 2 is 1.32 bits per heavy atom. The third kappa shape index (κ3) is 2.70. The summed E-state index contributed by atoms with van der Waals surface area (Å²) in [4.78, 5) is 3.83. The molecule has 0 amide bonds. The summed E-state index contributed by atoms with van der Waals surface area (Å²) in [5, 5.41) is 3.85. The zero-order chi connectivity index (χ0) is 24.7. The van der Waals surface area contributed by atoms with Gasteiger partial charge in [0.15, 0.2) is 0 Å². The highest BCUT2D eigenvalue weighted by Gasteiger charge is 2.40. The fourth-order valence-corrected chi connectivity index (χ4v) is 6.64. The van der Waals surface area contributed by atoms with Crippen LogP contribution in [0.2, 0.25) is 0 Å². The van der Waals surface area contributed by atoms with Gasteiger partial charge in [0.1, 0.15) is 0 Å². The third-order valence-corrected chi connectivity index (χ3v) is 8.30. The van der Waals surface area contributed by atoms with Crippen molar-refractivity contribution in [3.8, 4) is 28.1 Å². The standard InChI is InChI=1S/C35H26N2/c1-35(2)29-16-10-9-15-26(29)33-31(35)27-19-18-25-28-21-23(22-11-5-3-6-12-22)17-20-30(28)36-32(25)34(27)37(33)24-13-7-4-8-14-24/h3-21,36H,1-2H3. The molecule has 0 radical (unpaired) electrons. The van der Waals surface area contributed by atoms with Crippen LogP contribution in [0.3, 0.4) is 0 Å². The second-order valence-electron chi connectivity index (χ2n) is 10.7. The first-order chi connectivity index (χ1) is 18.1. The second-order valence-corrected chi connectivity index (χ2v) is 10.7. The van der Waals surface area contributed by atoms with Crippen LogP contribution in [0.1, 0.15) is 25.0 Å². The zero-order valence-electron chi connectivity index (χ0n) is 20.9. The molecule has 0 aliphatic heterocycles. The van der Waals surface area contributed by atoms with E-state index in [9.17, 15) is 0 Å². The number of aromatic nitrogens is 2. The molecule has 2 aromatic heterocycles. The summed E-state index contributed by atoms with van der Waals surface area (Å²) in [6.45, 7) is 4.74. The first-order valence-electron chi connectivity index (χ1n) is 13.0. The lowest BCUT2D eigenvalue weighted by Gasteiger charge is -2.21. The Labute approximate surface area is 215 Å². The Hall–Kier alpha value is -4.56. The van der Waals surface area contributed by atoms with Crippen molar-refractivity contribution in [2.45, 2.75) is 19.3 Å². The van der Waals surface area contributed by atoms with Gasteiger partial charge in [-0.15, -0.1) is 0 Å². The molecule has 176 valence electrons. The highest BCUT2D eigenvalue weighted by molar-refractivity contribution is 6.19. The highest BCUT2D eigenvalue weighted by Crippen LogP contribution is 2.54. The molecule has 2 nitrogen and oxygen atoms in total. The van der Waals surface area contributed by atoms with Gasteiger partial charge in [0.2, 0.25) is 0 Å². The fourth-order valence-electron chi connectivity index (χ4n) is 6.64. The van der Waals surface area contributed by atoms with Crippen molar-refractivity contribution >= 4 is 32.7 Å². The molecule has 0 atom stereocenters. The summed E-state index contributed by atoms with van der Waals surface area (Å²) >= 11 is 0. The molecule has 0 unspecified atom stereocenters. The van der Waals surface area contributed by atoms with E-state index in [1.807, 2.05) is 0 Å². The van der Waals surface area contributed by atoms with Gasteiger partial charge in [0, 0.05) is 38.3 Å². The molecule has 1 aliphatic carbocycles. The van der Waals surface area contributed by atoms with Gasteiger partial charge in [0.05, 0.1) is 16.7 Å². The number of nitrogens with one attached hydrogen (secondary N) is 1. The Balaban J connectivity index is 1.52. The molecule has 0 spiro atoms. The number of nitrogens with zero attached hydrogens (tertiary/aromatic N) is 1. The normalized spacial score (nSPS) is 13.9. The summed E-state index contributed by atoms with van der Waals surface area (Å²) in [5.41, 5.74) is 12.7. The molecule has 8 rings (SSSR count). The maximum absolute atomic E-state index is 3.83. The molecule has 2 heteroatoms. The third-order valence-electron chi connectivity index (χ3n) is 8.30. The predicted octanol–water partition coefficient (Wildman–Crippen LogP) is 9.24. The molecular formula is C35H26N2. The second kappa shape index (κ2) is 7.24. The number of para-hydroxylation sites is 1. The van der Waals surface area contributed by atoms with Gasteiger partial charge in [-0.2, -0.15) is 0 Å². The molecule has 37 heavy (non-hydrogen) atoms. The summed E-state index contributed by atoms with van der Waals surface area (Å²) in [7, 11) is 0. The summed E-state index contributed by atoms with van der Waals surface area (Å²) in [6.07, 6.45) is 0. The Morgan fingerprint density at radius 1 is 0.622 bits per heavy atom. The highest BCUT2D eigenvalue weighted by atomic mass is 15.0. The van der Waals surface area contributed by atoms with Crippen LogP contribution in [-0.4, -0.2) is 9.55 Å². The quantitative estimate of drug-likeness (QED) is 0.258. The molecular weight excluding hydrogens is 448 g/mol. The van der Waals surface area contributed by atoms with Crippen molar-refractivity contribution < 1.29 is 0 Å². The van der Waals surface area contributed by atoms with Crippen LogP contribution >= 0.6 is 0 Å². The zero-order valence-corrected chi connectivity index (χ0v) is 20.9. The number of hydrogen-bond donors (Lipinski definition) is 1. The van der Waals surface area contributed by atoms with E-state index in [-0.39, 0.29) is 5.41 Å². The maximum Gasteiger partial charge on any atom is 0.0780 e. The van der Waals surface area contributed by atoms with Crippen LogP contribution in [0.5, 0.6) is 0 Å². The predicted molar refractivity (Wildman–Crippen MR) is 156 cm³/mol. The van der Waals surface area contributed by atoms with E-state index < -0.39 is 0 Å². The van der Waals surface area contributed by atoms with Crippen molar-refractivity contribution in [1.82, 2.24) is 9.55 Å². The minimum Gasteiger partial charge on any atom is -0.353 e. The largest absolute Gasteiger partial charge is 0.353 e. The lowest BCUT2D eigenvalue weighted by atomic mass is 9.81. The van der Waals surface area contributed by atoms with Crippen LogP contribution < -0.4 is 0 Å². The minimum atomic E-state index is -0.0790. The average molecular weight is 475 g/mol. The van der Waals surface area contributed by atoms with Gasteiger partial charge in [0.25, 0.3) is 0 Å². The smallest absolute Gasteiger partial charge is 0.0780 e. The van der Waals surface area contributed by atoms with Crippen LogP contribution in [-0.2, 0) is 5.41 Å². The van der Waals surface area contributed by atoms with Crippen LogP contribution in [0.15, 0.2) is 115 Å². The molecule has 0 bridgehead atoms. The average Bonchev–Trinajstić information content (AvgIpc) is 3.56.